The summed E-state index contributed by atoms with van der Waals surface area (Å²) in [5.74, 6) is 0.692. The summed E-state index contributed by atoms with van der Waals surface area (Å²) in [5, 5.41) is 6.15. The maximum atomic E-state index is 11.8. The van der Waals surface area contributed by atoms with Crippen LogP contribution >= 0.6 is 15.9 Å². The molecular weight excluding hydrogens is 308 g/mol. The Labute approximate surface area is 122 Å². The second-order valence-corrected chi connectivity index (χ2v) is 5.61. The van der Waals surface area contributed by atoms with Crippen LogP contribution in [0.2, 0.25) is 0 Å². The van der Waals surface area contributed by atoms with Gasteiger partial charge in [0, 0.05) is 17.8 Å². The number of benzene rings is 1. The third kappa shape index (κ3) is 4.21. The first-order valence-electron chi connectivity index (χ1n) is 6.56. The quantitative estimate of drug-likeness (QED) is 0.874. The van der Waals surface area contributed by atoms with Crippen molar-refractivity contribution in [1.82, 2.24) is 5.32 Å². The molecule has 0 aromatic heterocycles. The number of amides is 1. The van der Waals surface area contributed by atoms with Gasteiger partial charge in [0.05, 0.1) is 18.1 Å². The Morgan fingerprint density at radius 1 is 1.42 bits per heavy atom. The molecule has 0 aliphatic heterocycles. The first-order chi connectivity index (χ1) is 9.19. The first-order valence-corrected chi connectivity index (χ1v) is 7.35. The van der Waals surface area contributed by atoms with E-state index in [0.717, 1.165) is 10.2 Å². The highest BCUT2D eigenvalue weighted by Gasteiger charge is 2.15. The molecule has 1 aromatic carbocycles. The standard InChI is InChI=1S/C14H19BrN2O2/c1-19-13-8-11(6-7-12(13)15)17-14(18)9-16-10-4-2-3-5-10/h6-8,10,16H,2-5,9H2,1H3,(H,17,18). The minimum absolute atomic E-state index is 0.0173. The summed E-state index contributed by atoms with van der Waals surface area (Å²) in [6.07, 6.45) is 4.89. The van der Waals surface area contributed by atoms with Gasteiger partial charge >= 0.3 is 0 Å². The summed E-state index contributed by atoms with van der Waals surface area (Å²) < 4.78 is 6.07. The smallest absolute Gasteiger partial charge is 0.238 e. The molecule has 0 heterocycles. The van der Waals surface area contributed by atoms with Crippen LogP contribution in [0.1, 0.15) is 25.7 Å². The second-order valence-electron chi connectivity index (χ2n) is 4.76. The van der Waals surface area contributed by atoms with Gasteiger partial charge in [-0.15, -0.1) is 0 Å². The van der Waals surface area contributed by atoms with Gasteiger partial charge in [0.15, 0.2) is 0 Å². The maximum Gasteiger partial charge on any atom is 0.238 e. The van der Waals surface area contributed by atoms with Gasteiger partial charge in [0.25, 0.3) is 0 Å². The van der Waals surface area contributed by atoms with Crippen molar-refractivity contribution in [3.05, 3.63) is 22.7 Å². The molecule has 0 spiro atoms. The molecule has 0 atom stereocenters. The molecule has 0 unspecified atom stereocenters. The fourth-order valence-corrected chi connectivity index (χ4v) is 2.72. The van der Waals surface area contributed by atoms with Gasteiger partial charge in [0.1, 0.15) is 5.75 Å². The first kappa shape index (κ1) is 14.3. The SMILES string of the molecule is COc1cc(NC(=O)CNC2CCCC2)ccc1Br. The van der Waals surface area contributed by atoms with Crippen molar-refractivity contribution < 1.29 is 9.53 Å². The molecule has 1 saturated carbocycles. The number of carbonyl (C=O) groups is 1. The summed E-state index contributed by atoms with van der Waals surface area (Å²) in [4.78, 5) is 11.8. The molecule has 2 rings (SSSR count). The normalized spacial score (nSPS) is 15.5. The third-order valence-electron chi connectivity index (χ3n) is 3.34. The van der Waals surface area contributed by atoms with Crippen molar-refractivity contribution in [3.8, 4) is 5.75 Å². The highest BCUT2D eigenvalue weighted by Crippen LogP contribution is 2.27. The molecule has 0 bridgehead atoms. The molecule has 0 radical (unpaired) electrons. The molecule has 2 N–H and O–H groups in total. The third-order valence-corrected chi connectivity index (χ3v) is 4.00. The summed E-state index contributed by atoms with van der Waals surface area (Å²) in [6, 6.07) is 6.02. The van der Waals surface area contributed by atoms with Gasteiger partial charge in [0.2, 0.25) is 5.91 Å². The largest absolute Gasteiger partial charge is 0.495 e. The fourth-order valence-electron chi connectivity index (χ4n) is 2.31. The van der Waals surface area contributed by atoms with E-state index in [4.69, 9.17) is 4.74 Å². The molecule has 0 saturated heterocycles. The van der Waals surface area contributed by atoms with Crippen molar-refractivity contribution in [1.29, 1.82) is 0 Å². The van der Waals surface area contributed by atoms with E-state index in [1.54, 1.807) is 13.2 Å². The van der Waals surface area contributed by atoms with Crippen LogP contribution in [0.3, 0.4) is 0 Å². The summed E-state index contributed by atoms with van der Waals surface area (Å²) >= 11 is 3.38. The van der Waals surface area contributed by atoms with Crippen LogP contribution < -0.4 is 15.4 Å². The molecule has 5 heteroatoms. The van der Waals surface area contributed by atoms with Crippen molar-refractivity contribution in [3.63, 3.8) is 0 Å². The van der Waals surface area contributed by atoms with Crippen molar-refractivity contribution in [2.75, 3.05) is 19.0 Å². The van der Waals surface area contributed by atoms with E-state index in [9.17, 15) is 4.79 Å². The minimum Gasteiger partial charge on any atom is -0.495 e. The molecule has 4 nitrogen and oxygen atoms in total. The Morgan fingerprint density at radius 2 is 2.16 bits per heavy atom. The lowest BCUT2D eigenvalue weighted by Crippen LogP contribution is -2.34. The molecule has 1 amide bonds. The number of methoxy groups -OCH3 is 1. The van der Waals surface area contributed by atoms with Gasteiger partial charge in [-0.1, -0.05) is 12.8 Å². The van der Waals surface area contributed by atoms with Crippen molar-refractivity contribution in [2.45, 2.75) is 31.7 Å². The molecule has 19 heavy (non-hydrogen) atoms. The predicted octanol–water partition coefficient (Wildman–Crippen LogP) is 2.93. The van der Waals surface area contributed by atoms with E-state index in [2.05, 4.69) is 26.6 Å². The van der Waals surface area contributed by atoms with Gasteiger partial charge in [-0.2, -0.15) is 0 Å². The fraction of sp³-hybridized carbons (Fsp3) is 0.500. The number of carbonyl (C=O) groups excluding carboxylic acids is 1. The minimum atomic E-state index is -0.0173. The lowest BCUT2D eigenvalue weighted by molar-refractivity contribution is -0.115. The van der Waals surface area contributed by atoms with Crippen LogP contribution in [0.5, 0.6) is 5.75 Å². The van der Waals surface area contributed by atoms with Gasteiger partial charge in [-0.05, 0) is 40.9 Å². The van der Waals surface area contributed by atoms with Crippen LogP contribution in [-0.2, 0) is 4.79 Å². The highest BCUT2D eigenvalue weighted by atomic mass is 79.9. The zero-order chi connectivity index (χ0) is 13.7. The molecular formula is C14H19BrN2O2. The second kappa shape index (κ2) is 6.91. The summed E-state index contributed by atoms with van der Waals surface area (Å²) in [6.45, 7) is 0.364. The molecule has 1 fully saturated rings. The van der Waals surface area contributed by atoms with Crippen LogP contribution in [0.15, 0.2) is 22.7 Å². The Hall–Kier alpha value is -1.07. The Balaban J connectivity index is 1.84. The number of hydrogen-bond acceptors (Lipinski definition) is 3. The number of ether oxygens (including phenoxy) is 1. The van der Waals surface area contributed by atoms with E-state index in [1.165, 1.54) is 25.7 Å². The Bertz CT molecular complexity index is 445. The number of halogens is 1. The van der Waals surface area contributed by atoms with Crippen LogP contribution in [0.4, 0.5) is 5.69 Å². The molecule has 104 valence electrons. The van der Waals surface area contributed by atoms with Crippen LogP contribution in [0.25, 0.3) is 0 Å². The maximum absolute atomic E-state index is 11.8. The van der Waals surface area contributed by atoms with Gasteiger partial charge in [-0.25, -0.2) is 0 Å². The molecule has 1 aliphatic rings. The molecule has 1 aromatic rings. The van der Waals surface area contributed by atoms with E-state index in [1.807, 2.05) is 12.1 Å². The van der Waals surface area contributed by atoms with E-state index in [-0.39, 0.29) is 5.91 Å². The Morgan fingerprint density at radius 3 is 2.84 bits per heavy atom. The zero-order valence-electron chi connectivity index (χ0n) is 11.0. The van der Waals surface area contributed by atoms with Gasteiger partial charge < -0.3 is 15.4 Å². The lowest BCUT2D eigenvalue weighted by Gasteiger charge is -2.12. The average molecular weight is 327 g/mol. The van der Waals surface area contributed by atoms with Gasteiger partial charge in [-0.3, -0.25) is 4.79 Å². The zero-order valence-corrected chi connectivity index (χ0v) is 12.6. The number of rotatable bonds is 5. The van der Waals surface area contributed by atoms with E-state index >= 15 is 0 Å². The summed E-state index contributed by atoms with van der Waals surface area (Å²) in [5.41, 5.74) is 0.748. The van der Waals surface area contributed by atoms with Crippen LogP contribution in [-0.4, -0.2) is 25.6 Å². The molecule has 1 aliphatic carbocycles. The lowest BCUT2D eigenvalue weighted by atomic mass is 10.2. The number of hydrogen-bond donors (Lipinski definition) is 2. The highest BCUT2D eigenvalue weighted by molar-refractivity contribution is 9.10. The Kier molecular flexibility index (Phi) is 5.22. The van der Waals surface area contributed by atoms with Crippen molar-refractivity contribution >= 4 is 27.5 Å². The monoisotopic (exact) mass is 326 g/mol. The number of nitrogens with one attached hydrogen (secondary N) is 2. The predicted molar refractivity (Wildman–Crippen MR) is 79.6 cm³/mol. The van der Waals surface area contributed by atoms with E-state index < -0.39 is 0 Å². The van der Waals surface area contributed by atoms with Crippen LogP contribution in [0, 0.1) is 0 Å². The topological polar surface area (TPSA) is 50.4 Å². The average Bonchev–Trinajstić information content (AvgIpc) is 2.92. The summed E-state index contributed by atoms with van der Waals surface area (Å²) in [7, 11) is 1.60. The van der Waals surface area contributed by atoms with E-state index in [0.29, 0.717) is 18.3 Å². The number of anilines is 1. The van der Waals surface area contributed by atoms with Crippen molar-refractivity contribution in [2.24, 2.45) is 0 Å².